The third-order valence-electron chi connectivity index (χ3n) is 1.87. The van der Waals surface area contributed by atoms with E-state index in [9.17, 15) is 10.1 Å². The smallest absolute Gasteiger partial charge is 0.269 e. The van der Waals surface area contributed by atoms with E-state index < -0.39 is 4.92 Å². The van der Waals surface area contributed by atoms with Crippen LogP contribution in [0.2, 0.25) is 0 Å². The van der Waals surface area contributed by atoms with Crippen molar-refractivity contribution in [2.75, 3.05) is 0 Å². The fourth-order valence-corrected chi connectivity index (χ4v) is 1.13. The fraction of sp³-hybridized carbons (Fsp3) is 0.400. The molecule has 1 unspecified atom stereocenters. The number of hydrogen-bond donors (Lipinski definition) is 0. The lowest BCUT2D eigenvalue weighted by Crippen LogP contribution is -2.03. The van der Waals surface area contributed by atoms with E-state index in [4.69, 9.17) is 16.3 Å². The first-order chi connectivity index (χ1) is 7.13. The standard InChI is InChI=1S/C10H12ClNO3/c1-2-10(11)15-7-8-4-3-5-9(6-8)12(13)14/h3-6,10H,2,7H2,1H3. The van der Waals surface area contributed by atoms with E-state index in [0.717, 1.165) is 5.56 Å². The highest BCUT2D eigenvalue weighted by Crippen LogP contribution is 2.15. The average molecular weight is 230 g/mol. The predicted octanol–water partition coefficient (Wildman–Crippen LogP) is 3.09. The number of benzene rings is 1. The minimum absolute atomic E-state index is 0.0683. The minimum Gasteiger partial charge on any atom is -0.358 e. The number of alkyl halides is 1. The Balaban J connectivity index is 2.62. The molecule has 1 aromatic rings. The Hall–Kier alpha value is -1.13. The minimum atomic E-state index is -0.429. The maximum atomic E-state index is 10.5. The first kappa shape index (κ1) is 11.9. The molecular formula is C10H12ClNO3. The van der Waals surface area contributed by atoms with Crippen LogP contribution < -0.4 is 0 Å². The third kappa shape index (κ3) is 3.85. The normalized spacial score (nSPS) is 12.4. The van der Waals surface area contributed by atoms with Crippen molar-refractivity contribution in [2.45, 2.75) is 25.5 Å². The van der Waals surface area contributed by atoms with Crippen LogP contribution in [-0.4, -0.2) is 10.5 Å². The van der Waals surface area contributed by atoms with Crippen LogP contribution in [-0.2, 0) is 11.3 Å². The van der Waals surface area contributed by atoms with Crippen molar-refractivity contribution < 1.29 is 9.66 Å². The molecule has 4 nitrogen and oxygen atoms in total. The average Bonchev–Trinajstić information content (AvgIpc) is 2.26. The van der Waals surface area contributed by atoms with E-state index in [0.29, 0.717) is 13.0 Å². The number of hydrogen-bond acceptors (Lipinski definition) is 3. The van der Waals surface area contributed by atoms with E-state index >= 15 is 0 Å². The van der Waals surface area contributed by atoms with E-state index in [-0.39, 0.29) is 11.3 Å². The van der Waals surface area contributed by atoms with Crippen molar-refractivity contribution in [2.24, 2.45) is 0 Å². The Bertz CT molecular complexity index is 343. The molecule has 0 fully saturated rings. The van der Waals surface area contributed by atoms with Crippen LogP contribution in [0.15, 0.2) is 24.3 Å². The van der Waals surface area contributed by atoms with E-state index in [1.54, 1.807) is 12.1 Å². The van der Waals surface area contributed by atoms with Gasteiger partial charge in [-0.25, -0.2) is 0 Å². The van der Waals surface area contributed by atoms with Crippen LogP contribution in [0.3, 0.4) is 0 Å². The summed E-state index contributed by atoms with van der Waals surface area (Å²) >= 11 is 5.76. The zero-order valence-electron chi connectivity index (χ0n) is 8.35. The summed E-state index contributed by atoms with van der Waals surface area (Å²) in [4.78, 5) is 10.1. The van der Waals surface area contributed by atoms with Gasteiger partial charge >= 0.3 is 0 Å². The summed E-state index contributed by atoms with van der Waals surface area (Å²) < 4.78 is 5.25. The van der Waals surface area contributed by atoms with Gasteiger partial charge in [-0.1, -0.05) is 30.7 Å². The SMILES string of the molecule is CCC(Cl)OCc1cccc([N+](=O)[O-])c1. The van der Waals surface area contributed by atoms with Gasteiger partial charge in [0.2, 0.25) is 0 Å². The molecule has 1 aromatic carbocycles. The van der Waals surface area contributed by atoms with Crippen LogP contribution in [0.4, 0.5) is 5.69 Å². The molecule has 0 aromatic heterocycles. The molecule has 0 N–H and O–H groups in total. The van der Waals surface area contributed by atoms with Crippen LogP contribution in [0.25, 0.3) is 0 Å². The predicted molar refractivity (Wildman–Crippen MR) is 57.8 cm³/mol. The van der Waals surface area contributed by atoms with Gasteiger partial charge in [-0.2, -0.15) is 0 Å². The number of nitrogens with zero attached hydrogens (tertiary/aromatic N) is 1. The van der Waals surface area contributed by atoms with Crippen molar-refractivity contribution in [1.82, 2.24) is 0 Å². The molecule has 0 saturated carbocycles. The summed E-state index contributed by atoms with van der Waals surface area (Å²) in [7, 11) is 0. The Morgan fingerprint density at radius 3 is 2.93 bits per heavy atom. The molecule has 0 aliphatic rings. The third-order valence-corrected chi connectivity index (χ3v) is 2.31. The Morgan fingerprint density at radius 2 is 2.33 bits per heavy atom. The van der Waals surface area contributed by atoms with Crippen molar-refractivity contribution in [1.29, 1.82) is 0 Å². The lowest BCUT2D eigenvalue weighted by atomic mass is 10.2. The first-order valence-electron chi connectivity index (χ1n) is 4.62. The van der Waals surface area contributed by atoms with Crippen LogP contribution in [0, 0.1) is 10.1 Å². The molecule has 15 heavy (non-hydrogen) atoms. The Kier molecular flexibility index (Phi) is 4.52. The monoisotopic (exact) mass is 229 g/mol. The van der Waals surface area contributed by atoms with Crippen molar-refractivity contribution in [3.63, 3.8) is 0 Å². The van der Waals surface area contributed by atoms with Crippen molar-refractivity contribution in [3.05, 3.63) is 39.9 Å². The van der Waals surface area contributed by atoms with Gasteiger partial charge in [-0.05, 0) is 12.0 Å². The highest BCUT2D eigenvalue weighted by atomic mass is 35.5. The molecule has 0 saturated heterocycles. The number of halogens is 1. The zero-order chi connectivity index (χ0) is 11.3. The van der Waals surface area contributed by atoms with Crippen molar-refractivity contribution >= 4 is 17.3 Å². The lowest BCUT2D eigenvalue weighted by molar-refractivity contribution is -0.385. The maximum Gasteiger partial charge on any atom is 0.269 e. The summed E-state index contributed by atoms with van der Waals surface area (Å²) in [5.74, 6) is 0. The van der Waals surface area contributed by atoms with Gasteiger partial charge in [0.15, 0.2) is 0 Å². The largest absolute Gasteiger partial charge is 0.358 e. The molecule has 82 valence electrons. The van der Waals surface area contributed by atoms with E-state index in [2.05, 4.69) is 0 Å². The van der Waals surface area contributed by atoms with Gasteiger partial charge in [0.1, 0.15) is 5.56 Å². The maximum absolute atomic E-state index is 10.5. The van der Waals surface area contributed by atoms with Crippen molar-refractivity contribution in [3.8, 4) is 0 Å². The molecule has 0 aliphatic heterocycles. The molecule has 1 atom stereocenters. The number of non-ortho nitro benzene ring substituents is 1. The highest BCUT2D eigenvalue weighted by molar-refractivity contribution is 6.19. The molecule has 1 rings (SSSR count). The molecule has 0 spiro atoms. The quantitative estimate of drug-likeness (QED) is 0.443. The molecule has 0 heterocycles. The number of ether oxygens (including phenoxy) is 1. The molecule has 0 radical (unpaired) electrons. The Morgan fingerprint density at radius 1 is 1.60 bits per heavy atom. The summed E-state index contributed by atoms with van der Waals surface area (Å²) in [6.45, 7) is 2.20. The number of nitro groups is 1. The second kappa shape index (κ2) is 5.68. The van der Waals surface area contributed by atoms with Crippen LogP contribution in [0.1, 0.15) is 18.9 Å². The highest BCUT2D eigenvalue weighted by Gasteiger charge is 2.07. The van der Waals surface area contributed by atoms with Gasteiger partial charge in [0, 0.05) is 12.1 Å². The van der Waals surface area contributed by atoms with Gasteiger partial charge < -0.3 is 4.74 Å². The van der Waals surface area contributed by atoms with Crippen LogP contribution in [0.5, 0.6) is 0 Å². The Labute approximate surface area is 93.0 Å². The summed E-state index contributed by atoms with van der Waals surface area (Å²) in [5.41, 5.74) is 0.478. The molecule has 0 aliphatic carbocycles. The van der Waals surface area contributed by atoms with Gasteiger partial charge in [0.05, 0.1) is 11.5 Å². The fourth-order valence-electron chi connectivity index (χ4n) is 1.06. The first-order valence-corrected chi connectivity index (χ1v) is 5.06. The zero-order valence-corrected chi connectivity index (χ0v) is 9.11. The molecule has 0 bridgehead atoms. The van der Waals surface area contributed by atoms with E-state index in [1.165, 1.54) is 12.1 Å². The molecule has 0 amide bonds. The summed E-state index contributed by atoms with van der Waals surface area (Å²) in [6, 6.07) is 6.33. The molecule has 5 heteroatoms. The topological polar surface area (TPSA) is 52.4 Å². The van der Waals surface area contributed by atoms with Gasteiger partial charge in [-0.3, -0.25) is 10.1 Å². The summed E-state index contributed by atoms with van der Waals surface area (Å²) in [5, 5.41) is 10.5. The second-order valence-corrected chi connectivity index (χ2v) is 3.54. The van der Waals surface area contributed by atoms with Crippen LogP contribution >= 0.6 is 11.6 Å². The number of nitro benzene ring substituents is 1. The van der Waals surface area contributed by atoms with E-state index in [1.807, 2.05) is 6.92 Å². The number of rotatable bonds is 5. The van der Waals surface area contributed by atoms with Gasteiger partial charge in [0.25, 0.3) is 5.69 Å². The summed E-state index contributed by atoms with van der Waals surface area (Å²) in [6.07, 6.45) is 0.705. The lowest BCUT2D eigenvalue weighted by Gasteiger charge is -2.08. The van der Waals surface area contributed by atoms with Gasteiger partial charge in [-0.15, -0.1) is 0 Å². The molecular weight excluding hydrogens is 218 g/mol. The second-order valence-electron chi connectivity index (χ2n) is 3.06.